The highest BCUT2D eigenvalue weighted by atomic mass is 15.1. The average molecular weight is 198 g/mol. The van der Waals surface area contributed by atoms with Crippen molar-refractivity contribution in [3.8, 4) is 0 Å². The molecule has 2 heteroatoms. The minimum Gasteiger partial charge on any atom is -0.325 e. The lowest BCUT2D eigenvalue weighted by Gasteiger charge is -2.39. The molecule has 0 bridgehead atoms. The van der Waals surface area contributed by atoms with E-state index < -0.39 is 0 Å². The molecule has 1 rings (SSSR count). The van der Waals surface area contributed by atoms with Gasteiger partial charge in [0.25, 0.3) is 0 Å². The summed E-state index contributed by atoms with van der Waals surface area (Å²) in [4.78, 5) is 2.53. The van der Waals surface area contributed by atoms with E-state index in [4.69, 9.17) is 5.73 Å². The van der Waals surface area contributed by atoms with Crippen LogP contribution < -0.4 is 5.73 Å². The third-order valence-corrected chi connectivity index (χ3v) is 3.35. The molecule has 0 heterocycles. The van der Waals surface area contributed by atoms with E-state index in [1.165, 1.54) is 38.8 Å². The smallest absolute Gasteiger partial charge is 0.0166 e. The maximum absolute atomic E-state index is 6.21. The summed E-state index contributed by atoms with van der Waals surface area (Å²) in [5.74, 6) is 0.769. The van der Waals surface area contributed by atoms with Crippen LogP contribution in [0.3, 0.4) is 0 Å². The zero-order valence-electron chi connectivity index (χ0n) is 10.1. The number of hydrogen-bond acceptors (Lipinski definition) is 2. The van der Waals surface area contributed by atoms with Crippen molar-refractivity contribution in [2.45, 2.75) is 52.0 Å². The molecule has 0 aromatic rings. The van der Waals surface area contributed by atoms with Crippen molar-refractivity contribution in [1.82, 2.24) is 4.90 Å². The Hall–Kier alpha value is -0.0800. The van der Waals surface area contributed by atoms with Gasteiger partial charge in [0.15, 0.2) is 0 Å². The molecule has 0 radical (unpaired) electrons. The molecule has 1 aliphatic carbocycles. The quantitative estimate of drug-likeness (QED) is 0.709. The van der Waals surface area contributed by atoms with Gasteiger partial charge in [-0.2, -0.15) is 0 Å². The van der Waals surface area contributed by atoms with E-state index >= 15 is 0 Å². The Bertz CT molecular complexity index is 162. The van der Waals surface area contributed by atoms with E-state index in [1.54, 1.807) is 0 Å². The molecule has 0 spiro atoms. The molecule has 1 fully saturated rings. The summed E-state index contributed by atoms with van der Waals surface area (Å²) in [5, 5.41) is 0. The molecule has 1 aliphatic rings. The van der Waals surface area contributed by atoms with Gasteiger partial charge in [0, 0.05) is 12.1 Å². The highest BCUT2D eigenvalue weighted by molar-refractivity contribution is 4.92. The molecule has 0 aliphatic heterocycles. The van der Waals surface area contributed by atoms with Crippen molar-refractivity contribution in [2.24, 2.45) is 11.7 Å². The highest BCUT2D eigenvalue weighted by Gasteiger charge is 2.32. The zero-order valence-corrected chi connectivity index (χ0v) is 10.1. The molecule has 0 atom stereocenters. The zero-order chi connectivity index (χ0) is 10.6. The van der Waals surface area contributed by atoms with Gasteiger partial charge >= 0.3 is 0 Å². The van der Waals surface area contributed by atoms with E-state index in [2.05, 4.69) is 25.7 Å². The van der Waals surface area contributed by atoms with E-state index in [9.17, 15) is 0 Å². The van der Waals surface area contributed by atoms with Gasteiger partial charge in [0.05, 0.1) is 0 Å². The Morgan fingerprint density at radius 1 is 1.36 bits per heavy atom. The molecule has 0 saturated heterocycles. The monoisotopic (exact) mass is 198 g/mol. The average Bonchev–Trinajstić information content (AvgIpc) is 2.08. The van der Waals surface area contributed by atoms with E-state index in [1.807, 2.05) is 0 Å². The highest BCUT2D eigenvalue weighted by Crippen LogP contribution is 2.32. The maximum Gasteiger partial charge on any atom is 0.0166 e. The number of nitrogens with zero attached hydrogens (tertiary/aromatic N) is 1. The summed E-state index contributed by atoms with van der Waals surface area (Å²) < 4.78 is 0. The SMILES string of the molecule is CCN(CCC1(N)CCC1)CC(C)C. The lowest BCUT2D eigenvalue weighted by Crippen LogP contribution is -2.49. The normalized spacial score (nSPS) is 20.1. The van der Waals surface area contributed by atoms with Crippen LogP contribution in [0.1, 0.15) is 46.5 Å². The molecular formula is C12H26N2. The van der Waals surface area contributed by atoms with Gasteiger partial charge in [-0.1, -0.05) is 20.8 Å². The number of hydrogen-bond donors (Lipinski definition) is 1. The lowest BCUT2D eigenvalue weighted by molar-refractivity contribution is 0.176. The van der Waals surface area contributed by atoms with E-state index in [0.29, 0.717) is 0 Å². The minimum atomic E-state index is 0.199. The Kier molecular flexibility index (Phi) is 4.39. The summed E-state index contributed by atoms with van der Waals surface area (Å²) in [6.45, 7) is 10.4. The van der Waals surface area contributed by atoms with Crippen LogP contribution in [0.25, 0.3) is 0 Å². The lowest BCUT2D eigenvalue weighted by atomic mass is 9.75. The van der Waals surface area contributed by atoms with Gasteiger partial charge in [0.2, 0.25) is 0 Å². The Morgan fingerprint density at radius 2 is 2.00 bits per heavy atom. The third kappa shape index (κ3) is 3.58. The van der Waals surface area contributed by atoms with Crippen LogP contribution in [-0.2, 0) is 0 Å². The first-order valence-corrected chi connectivity index (χ1v) is 6.07. The van der Waals surface area contributed by atoms with Crippen LogP contribution in [0.2, 0.25) is 0 Å². The third-order valence-electron chi connectivity index (χ3n) is 3.35. The molecule has 0 aromatic carbocycles. The second-order valence-corrected chi connectivity index (χ2v) is 5.25. The Morgan fingerprint density at radius 3 is 2.36 bits per heavy atom. The first-order chi connectivity index (χ1) is 6.56. The van der Waals surface area contributed by atoms with Crippen LogP contribution >= 0.6 is 0 Å². The molecule has 14 heavy (non-hydrogen) atoms. The van der Waals surface area contributed by atoms with Crippen molar-refractivity contribution in [3.63, 3.8) is 0 Å². The molecule has 0 amide bonds. The van der Waals surface area contributed by atoms with E-state index in [-0.39, 0.29) is 5.54 Å². The van der Waals surface area contributed by atoms with Crippen LogP contribution in [0, 0.1) is 5.92 Å². The van der Waals surface area contributed by atoms with Gasteiger partial charge in [-0.3, -0.25) is 0 Å². The minimum absolute atomic E-state index is 0.199. The predicted octanol–water partition coefficient (Wildman–Crippen LogP) is 2.24. The molecule has 0 aromatic heterocycles. The van der Waals surface area contributed by atoms with Gasteiger partial charge in [-0.05, 0) is 44.7 Å². The largest absolute Gasteiger partial charge is 0.325 e. The molecule has 1 saturated carbocycles. The summed E-state index contributed by atoms with van der Waals surface area (Å²) in [5.41, 5.74) is 6.41. The van der Waals surface area contributed by atoms with E-state index in [0.717, 1.165) is 12.5 Å². The Balaban J connectivity index is 2.19. The van der Waals surface area contributed by atoms with Crippen LogP contribution in [-0.4, -0.2) is 30.1 Å². The molecule has 2 N–H and O–H groups in total. The second-order valence-electron chi connectivity index (χ2n) is 5.25. The van der Waals surface area contributed by atoms with Crippen LogP contribution in [0.4, 0.5) is 0 Å². The fourth-order valence-corrected chi connectivity index (χ4v) is 2.16. The maximum atomic E-state index is 6.21. The van der Waals surface area contributed by atoms with Crippen molar-refractivity contribution >= 4 is 0 Å². The summed E-state index contributed by atoms with van der Waals surface area (Å²) >= 11 is 0. The molecule has 2 nitrogen and oxygen atoms in total. The molecular weight excluding hydrogens is 172 g/mol. The van der Waals surface area contributed by atoms with Gasteiger partial charge in [-0.15, -0.1) is 0 Å². The topological polar surface area (TPSA) is 29.3 Å². The van der Waals surface area contributed by atoms with Crippen molar-refractivity contribution in [2.75, 3.05) is 19.6 Å². The van der Waals surface area contributed by atoms with Gasteiger partial charge < -0.3 is 10.6 Å². The van der Waals surface area contributed by atoms with Crippen LogP contribution in [0.5, 0.6) is 0 Å². The molecule has 84 valence electrons. The fourth-order valence-electron chi connectivity index (χ4n) is 2.16. The first-order valence-electron chi connectivity index (χ1n) is 6.07. The summed E-state index contributed by atoms with van der Waals surface area (Å²) in [6.07, 6.45) is 5.01. The number of rotatable bonds is 6. The molecule has 0 unspecified atom stereocenters. The van der Waals surface area contributed by atoms with Crippen molar-refractivity contribution in [1.29, 1.82) is 0 Å². The predicted molar refractivity (Wildman–Crippen MR) is 62.3 cm³/mol. The summed E-state index contributed by atoms with van der Waals surface area (Å²) in [6, 6.07) is 0. The number of nitrogens with two attached hydrogens (primary N) is 1. The van der Waals surface area contributed by atoms with Crippen molar-refractivity contribution < 1.29 is 0 Å². The first kappa shape index (κ1) is 12.0. The van der Waals surface area contributed by atoms with Crippen molar-refractivity contribution in [3.05, 3.63) is 0 Å². The standard InChI is InChI=1S/C12H26N2/c1-4-14(10-11(2)3)9-8-12(13)6-5-7-12/h11H,4-10,13H2,1-3H3. The van der Waals surface area contributed by atoms with Gasteiger partial charge in [-0.25, -0.2) is 0 Å². The fraction of sp³-hybridized carbons (Fsp3) is 1.00. The summed E-state index contributed by atoms with van der Waals surface area (Å²) in [7, 11) is 0. The van der Waals surface area contributed by atoms with Gasteiger partial charge in [0.1, 0.15) is 0 Å². The second kappa shape index (κ2) is 5.13. The van der Waals surface area contributed by atoms with Crippen LogP contribution in [0.15, 0.2) is 0 Å². The Labute approximate surface area is 88.8 Å².